The Balaban J connectivity index is 1.77. The zero-order chi connectivity index (χ0) is 17.3. The Kier molecular flexibility index (Phi) is 4.36. The standard InChI is InChI=1S/C17H17F3N2O2/c1-23-14-4-3-11(15(6-14)24-2)8-22-9-12-5-16(17(18,19)20)21-7-13(12)10-22/h3-7H,8-10H2,1-2H3. The van der Waals surface area contributed by atoms with E-state index < -0.39 is 11.9 Å². The van der Waals surface area contributed by atoms with Gasteiger partial charge in [-0.25, -0.2) is 0 Å². The Morgan fingerprint density at radius 1 is 1.08 bits per heavy atom. The average molecular weight is 338 g/mol. The summed E-state index contributed by atoms with van der Waals surface area (Å²) < 4.78 is 48.8. The van der Waals surface area contributed by atoms with Crippen LogP contribution in [0.15, 0.2) is 30.5 Å². The summed E-state index contributed by atoms with van der Waals surface area (Å²) in [7, 11) is 3.16. The largest absolute Gasteiger partial charge is 0.497 e. The minimum atomic E-state index is -4.42. The summed E-state index contributed by atoms with van der Waals surface area (Å²) in [5, 5.41) is 0. The fourth-order valence-corrected chi connectivity index (χ4v) is 2.84. The van der Waals surface area contributed by atoms with Crippen molar-refractivity contribution in [3.05, 3.63) is 52.8 Å². The van der Waals surface area contributed by atoms with E-state index in [-0.39, 0.29) is 0 Å². The molecule has 1 aromatic heterocycles. The minimum Gasteiger partial charge on any atom is -0.497 e. The van der Waals surface area contributed by atoms with Crippen molar-refractivity contribution in [3.8, 4) is 11.5 Å². The highest BCUT2D eigenvalue weighted by molar-refractivity contribution is 5.41. The van der Waals surface area contributed by atoms with Crippen molar-refractivity contribution in [2.75, 3.05) is 14.2 Å². The lowest BCUT2D eigenvalue weighted by atomic mass is 10.1. The van der Waals surface area contributed by atoms with Gasteiger partial charge < -0.3 is 9.47 Å². The fraction of sp³-hybridized carbons (Fsp3) is 0.353. The highest BCUT2D eigenvalue weighted by Crippen LogP contribution is 2.33. The Morgan fingerprint density at radius 3 is 2.50 bits per heavy atom. The first kappa shape index (κ1) is 16.6. The fourth-order valence-electron chi connectivity index (χ4n) is 2.84. The molecule has 0 amide bonds. The second-order valence-corrected chi connectivity index (χ2v) is 5.66. The minimum absolute atomic E-state index is 0.454. The number of fused-ring (bicyclic) bond motifs is 1. The Morgan fingerprint density at radius 2 is 1.83 bits per heavy atom. The van der Waals surface area contributed by atoms with E-state index in [1.54, 1.807) is 20.3 Å². The molecule has 0 radical (unpaired) electrons. The second kappa shape index (κ2) is 6.32. The number of alkyl halides is 3. The number of pyridine rings is 1. The second-order valence-electron chi connectivity index (χ2n) is 5.66. The zero-order valence-electron chi connectivity index (χ0n) is 13.4. The Hall–Kier alpha value is -2.28. The normalized spacial score (nSPS) is 14.5. The third kappa shape index (κ3) is 3.31. The van der Waals surface area contributed by atoms with E-state index in [1.807, 2.05) is 12.1 Å². The highest BCUT2D eigenvalue weighted by atomic mass is 19.4. The molecule has 1 aliphatic heterocycles. The zero-order valence-corrected chi connectivity index (χ0v) is 13.4. The summed E-state index contributed by atoms with van der Waals surface area (Å²) in [5.41, 5.74) is 1.61. The first-order valence-electron chi connectivity index (χ1n) is 7.39. The number of hydrogen-bond acceptors (Lipinski definition) is 4. The van der Waals surface area contributed by atoms with Gasteiger partial charge in [-0.3, -0.25) is 9.88 Å². The maximum Gasteiger partial charge on any atom is 0.433 e. The molecule has 2 heterocycles. The van der Waals surface area contributed by atoms with Gasteiger partial charge >= 0.3 is 6.18 Å². The average Bonchev–Trinajstić information content (AvgIpc) is 2.95. The molecule has 0 atom stereocenters. The number of halogens is 3. The van der Waals surface area contributed by atoms with Crippen molar-refractivity contribution in [3.63, 3.8) is 0 Å². The number of methoxy groups -OCH3 is 2. The predicted molar refractivity (Wildman–Crippen MR) is 81.7 cm³/mol. The van der Waals surface area contributed by atoms with Gasteiger partial charge in [0.25, 0.3) is 0 Å². The molecule has 0 bridgehead atoms. The maximum absolute atomic E-state index is 12.8. The third-order valence-electron chi connectivity index (χ3n) is 4.05. The van der Waals surface area contributed by atoms with E-state index in [9.17, 15) is 13.2 Å². The molecule has 128 valence electrons. The lowest BCUT2D eigenvalue weighted by Gasteiger charge is -2.17. The summed E-state index contributed by atoms with van der Waals surface area (Å²) in [5.74, 6) is 1.39. The first-order chi connectivity index (χ1) is 11.4. The van der Waals surface area contributed by atoms with Gasteiger partial charge in [0, 0.05) is 37.5 Å². The molecule has 0 saturated heterocycles. The summed E-state index contributed by atoms with van der Waals surface area (Å²) in [4.78, 5) is 5.58. The quantitative estimate of drug-likeness (QED) is 0.853. The molecule has 7 heteroatoms. The lowest BCUT2D eigenvalue weighted by Crippen LogP contribution is -2.16. The van der Waals surface area contributed by atoms with Gasteiger partial charge in [0.15, 0.2) is 0 Å². The van der Waals surface area contributed by atoms with Gasteiger partial charge in [-0.15, -0.1) is 0 Å². The topological polar surface area (TPSA) is 34.6 Å². The van der Waals surface area contributed by atoms with E-state index in [0.717, 1.165) is 17.2 Å². The van der Waals surface area contributed by atoms with Gasteiger partial charge in [-0.1, -0.05) is 6.07 Å². The van der Waals surface area contributed by atoms with Crippen molar-refractivity contribution >= 4 is 0 Å². The number of nitrogens with zero attached hydrogens (tertiary/aromatic N) is 2. The molecule has 1 aromatic carbocycles. The third-order valence-corrected chi connectivity index (χ3v) is 4.05. The van der Waals surface area contributed by atoms with E-state index in [4.69, 9.17) is 9.47 Å². The molecule has 0 fully saturated rings. The summed E-state index contributed by atoms with van der Waals surface area (Å²) in [6.07, 6.45) is -3.09. The molecule has 0 spiro atoms. The monoisotopic (exact) mass is 338 g/mol. The molecule has 2 aromatic rings. The lowest BCUT2D eigenvalue weighted by molar-refractivity contribution is -0.141. The van der Waals surface area contributed by atoms with Gasteiger partial charge in [-0.2, -0.15) is 13.2 Å². The van der Waals surface area contributed by atoms with Crippen LogP contribution in [0.2, 0.25) is 0 Å². The van der Waals surface area contributed by atoms with Crippen molar-refractivity contribution in [2.24, 2.45) is 0 Å². The molecule has 4 nitrogen and oxygen atoms in total. The summed E-state index contributed by atoms with van der Waals surface area (Å²) in [6.45, 7) is 1.59. The molecule has 1 aliphatic rings. The molecule has 0 unspecified atom stereocenters. The van der Waals surface area contributed by atoms with E-state index in [0.29, 0.717) is 36.7 Å². The predicted octanol–water partition coefficient (Wildman–Crippen LogP) is 3.63. The van der Waals surface area contributed by atoms with Crippen LogP contribution in [0.3, 0.4) is 0 Å². The van der Waals surface area contributed by atoms with Gasteiger partial charge in [0.1, 0.15) is 17.2 Å². The number of aromatic nitrogens is 1. The van der Waals surface area contributed by atoms with Crippen molar-refractivity contribution in [2.45, 2.75) is 25.8 Å². The van der Waals surface area contributed by atoms with Crippen LogP contribution >= 0.6 is 0 Å². The molecule has 0 N–H and O–H groups in total. The maximum atomic E-state index is 12.8. The number of benzene rings is 1. The number of ether oxygens (including phenoxy) is 2. The molecule has 0 aliphatic carbocycles. The van der Waals surface area contributed by atoms with Crippen LogP contribution in [0.1, 0.15) is 22.4 Å². The van der Waals surface area contributed by atoms with Gasteiger partial charge in [0.2, 0.25) is 0 Å². The number of hydrogen-bond donors (Lipinski definition) is 0. The molecular formula is C17H17F3N2O2. The molecule has 3 rings (SSSR count). The van der Waals surface area contributed by atoms with Crippen LogP contribution in [0, 0.1) is 0 Å². The highest BCUT2D eigenvalue weighted by Gasteiger charge is 2.34. The SMILES string of the molecule is COc1ccc(CN2Cc3cnc(C(F)(F)F)cc3C2)c(OC)c1. The van der Waals surface area contributed by atoms with Crippen LogP contribution in [0.5, 0.6) is 11.5 Å². The number of rotatable bonds is 4. The Labute approximate surface area is 137 Å². The summed E-state index contributed by atoms with van der Waals surface area (Å²) in [6, 6.07) is 6.67. The van der Waals surface area contributed by atoms with Gasteiger partial charge in [0.05, 0.1) is 14.2 Å². The molecule has 24 heavy (non-hydrogen) atoms. The van der Waals surface area contributed by atoms with Crippen molar-refractivity contribution < 1.29 is 22.6 Å². The van der Waals surface area contributed by atoms with Gasteiger partial charge in [-0.05, 0) is 23.3 Å². The van der Waals surface area contributed by atoms with E-state index in [2.05, 4.69) is 9.88 Å². The van der Waals surface area contributed by atoms with Crippen LogP contribution in [0.25, 0.3) is 0 Å². The van der Waals surface area contributed by atoms with E-state index >= 15 is 0 Å². The molecular weight excluding hydrogens is 321 g/mol. The van der Waals surface area contributed by atoms with Crippen LogP contribution in [-0.4, -0.2) is 24.1 Å². The van der Waals surface area contributed by atoms with Crippen molar-refractivity contribution in [1.82, 2.24) is 9.88 Å². The van der Waals surface area contributed by atoms with Crippen molar-refractivity contribution in [1.29, 1.82) is 0 Å². The summed E-state index contributed by atoms with van der Waals surface area (Å²) >= 11 is 0. The Bertz CT molecular complexity index is 747. The van der Waals surface area contributed by atoms with E-state index in [1.165, 1.54) is 6.20 Å². The first-order valence-corrected chi connectivity index (χ1v) is 7.39. The van der Waals surface area contributed by atoms with Crippen LogP contribution < -0.4 is 9.47 Å². The smallest absolute Gasteiger partial charge is 0.433 e. The molecule has 0 saturated carbocycles. The van der Waals surface area contributed by atoms with Crippen LogP contribution in [-0.2, 0) is 25.8 Å². The van der Waals surface area contributed by atoms with Crippen LogP contribution in [0.4, 0.5) is 13.2 Å².